The summed E-state index contributed by atoms with van der Waals surface area (Å²) in [7, 11) is 0. The highest BCUT2D eigenvalue weighted by Crippen LogP contribution is 2.25. The van der Waals surface area contributed by atoms with Crippen LogP contribution in [-0.2, 0) is 16.0 Å². The van der Waals surface area contributed by atoms with E-state index >= 15 is 0 Å². The predicted octanol–water partition coefficient (Wildman–Crippen LogP) is 1.61. The Balaban J connectivity index is 1.64. The van der Waals surface area contributed by atoms with Gasteiger partial charge in [-0.3, -0.25) is 9.69 Å². The highest BCUT2D eigenvalue weighted by molar-refractivity contribution is 7.07. The van der Waals surface area contributed by atoms with Crippen molar-refractivity contribution in [2.75, 3.05) is 26.2 Å². The first-order chi connectivity index (χ1) is 9.65. The fourth-order valence-corrected chi connectivity index (χ4v) is 3.91. The van der Waals surface area contributed by atoms with E-state index in [1.54, 1.807) is 11.3 Å². The quantitative estimate of drug-likeness (QED) is 0.849. The minimum absolute atomic E-state index is 0.192. The largest absolute Gasteiger partial charge is 0.373 e. The van der Waals surface area contributed by atoms with E-state index in [1.807, 2.05) is 16.3 Å². The van der Waals surface area contributed by atoms with Gasteiger partial charge < -0.3 is 9.64 Å². The summed E-state index contributed by atoms with van der Waals surface area (Å²) in [5, 5.41) is 4.08. The van der Waals surface area contributed by atoms with Gasteiger partial charge in [0.1, 0.15) is 0 Å². The minimum atomic E-state index is 0.192. The van der Waals surface area contributed by atoms with Crippen LogP contribution in [0.4, 0.5) is 0 Å². The first-order valence-corrected chi connectivity index (χ1v) is 8.25. The zero-order valence-electron chi connectivity index (χ0n) is 12.1. The summed E-state index contributed by atoms with van der Waals surface area (Å²) in [6.07, 6.45) is 0.711. The number of morpholine rings is 1. The number of fused-ring (bicyclic) bond motifs is 1. The van der Waals surface area contributed by atoms with Crippen LogP contribution in [0, 0.1) is 0 Å². The number of ether oxygens (including phenoxy) is 1. The lowest BCUT2D eigenvalue weighted by Gasteiger charge is -2.39. The van der Waals surface area contributed by atoms with Crippen molar-refractivity contribution in [1.82, 2.24) is 9.80 Å². The molecule has 5 heteroatoms. The van der Waals surface area contributed by atoms with Gasteiger partial charge in [-0.25, -0.2) is 0 Å². The lowest BCUT2D eigenvalue weighted by Crippen LogP contribution is -2.53. The molecule has 20 heavy (non-hydrogen) atoms. The van der Waals surface area contributed by atoms with Crippen LogP contribution in [0.5, 0.6) is 0 Å². The van der Waals surface area contributed by atoms with E-state index in [-0.39, 0.29) is 12.0 Å². The van der Waals surface area contributed by atoms with E-state index in [9.17, 15) is 4.79 Å². The molecule has 4 nitrogen and oxygen atoms in total. The molecule has 1 aromatic heterocycles. The van der Waals surface area contributed by atoms with Crippen molar-refractivity contribution in [1.29, 1.82) is 0 Å². The maximum absolute atomic E-state index is 12.4. The Hall–Kier alpha value is -0.910. The van der Waals surface area contributed by atoms with Crippen molar-refractivity contribution in [2.45, 2.75) is 38.5 Å². The van der Waals surface area contributed by atoms with E-state index in [2.05, 4.69) is 24.1 Å². The number of nitrogens with zero attached hydrogens (tertiary/aromatic N) is 2. The van der Waals surface area contributed by atoms with Crippen molar-refractivity contribution in [3.63, 3.8) is 0 Å². The molecule has 0 spiro atoms. The number of likely N-dealkylation sites (tertiary alicyclic amines) is 1. The maximum Gasteiger partial charge on any atom is 0.227 e. The Morgan fingerprint density at radius 3 is 3.05 bits per heavy atom. The van der Waals surface area contributed by atoms with Gasteiger partial charge in [-0.2, -0.15) is 11.3 Å². The smallest absolute Gasteiger partial charge is 0.227 e. The molecule has 0 aromatic carbocycles. The molecule has 0 bridgehead atoms. The molecule has 0 radical (unpaired) electrons. The number of thiophene rings is 1. The Morgan fingerprint density at radius 1 is 1.50 bits per heavy atom. The van der Waals surface area contributed by atoms with Crippen LogP contribution in [0.2, 0.25) is 0 Å². The van der Waals surface area contributed by atoms with Gasteiger partial charge in [0.2, 0.25) is 5.91 Å². The highest BCUT2D eigenvalue weighted by atomic mass is 32.1. The molecule has 3 heterocycles. The number of hydrogen-bond acceptors (Lipinski definition) is 4. The van der Waals surface area contributed by atoms with Gasteiger partial charge in [0.25, 0.3) is 0 Å². The van der Waals surface area contributed by atoms with E-state index < -0.39 is 0 Å². The second kappa shape index (κ2) is 5.84. The summed E-state index contributed by atoms with van der Waals surface area (Å²) in [6, 6.07) is 2.91. The van der Waals surface area contributed by atoms with E-state index in [1.165, 1.54) is 0 Å². The second-order valence-electron chi connectivity index (χ2n) is 5.92. The van der Waals surface area contributed by atoms with Gasteiger partial charge in [-0.05, 0) is 36.2 Å². The number of carbonyl (C=O) groups excluding carboxylic acids is 1. The van der Waals surface area contributed by atoms with Crippen molar-refractivity contribution >= 4 is 17.2 Å². The third-order valence-corrected chi connectivity index (χ3v) is 5.03. The maximum atomic E-state index is 12.4. The Morgan fingerprint density at radius 2 is 2.35 bits per heavy atom. The highest BCUT2D eigenvalue weighted by Gasteiger charge is 2.42. The summed E-state index contributed by atoms with van der Waals surface area (Å²) < 4.78 is 5.86. The average Bonchev–Trinajstić information content (AvgIpc) is 3.05. The summed E-state index contributed by atoms with van der Waals surface area (Å²) >= 11 is 1.64. The van der Waals surface area contributed by atoms with Crippen molar-refractivity contribution in [3.05, 3.63) is 22.4 Å². The molecule has 0 N–H and O–H groups in total. The molecule has 3 rings (SSSR count). The van der Waals surface area contributed by atoms with Gasteiger partial charge in [-0.1, -0.05) is 0 Å². The molecule has 2 fully saturated rings. The molecule has 0 aliphatic carbocycles. The van der Waals surface area contributed by atoms with Crippen LogP contribution in [-0.4, -0.2) is 60.1 Å². The summed E-state index contributed by atoms with van der Waals surface area (Å²) in [5.41, 5.74) is 1.12. The topological polar surface area (TPSA) is 32.8 Å². The monoisotopic (exact) mass is 294 g/mol. The van der Waals surface area contributed by atoms with E-state index in [0.717, 1.165) is 31.8 Å². The third kappa shape index (κ3) is 2.75. The van der Waals surface area contributed by atoms with Gasteiger partial charge in [-0.15, -0.1) is 0 Å². The molecular weight excluding hydrogens is 272 g/mol. The van der Waals surface area contributed by atoms with Crippen molar-refractivity contribution in [2.24, 2.45) is 0 Å². The molecule has 2 aliphatic rings. The molecule has 1 aromatic rings. The minimum Gasteiger partial charge on any atom is -0.373 e. The number of rotatable bonds is 3. The lowest BCUT2D eigenvalue weighted by molar-refractivity contribution is -0.129. The number of hydrogen-bond donors (Lipinski definition) is 0. The second-order valence-corrected chi connectivity index (χ2v) is 6.70. The first-order valence-electron chi connectivity index (χ1n) is 7.31. The fourth-order valence-electron chi connectivity index (χ4n) is 3.24. The van der Waals surface area contributed by atoms with Crippen LogP contribution in [0.1, 0.15) is 19.4 Å². The molecule has 2 atom stereocenters. The molecule has 0 unspecified atom stereocenters. The van der Waals surface area contributed by atoms with Gasteiger partial charge in [0.05, 0.1) is 25.2 Å². The molecule has 2 aliphatic heterocycles. The van der Waals surface area contributed by atoms with Crippen molar-refractivity contribution in [3.8, 4) is 0 Å². The molecule has 0 saturated carbocycles. The van der Waals surface area contributed by atoms with Gasteiger partial charge >= 0.3 is 0 Å². The van der Waals surface area contributed by atoms with Crippen LogP contribution < -0.4 is 0 Å². The molecule has 2 saturated heterocycles. The summed E-state index contributed by atoms with van der Waals surface area (Å²) in [4.78, 5) is 16.8. The van der Waals surface area contributed by atoms with Crippen LogP contribution >= 0.6 is 11.3 Å². The predicted molar refractivity (Wildman–Crippen MR) is 80.0 cm³/mol. The first kappa shape index (κ1) is 14.0. The fraction of sp³-hybridized carbons (Fsp3) is 0.667. The van der Waals surface area contributed by atoms with E-state index in [0.29, 0.717) is 18.5 Å². The Bertz CT molecular complexity index is 460. The number of carbonyl (C=O) groups is 1. The van der Waals surface area contributed by atoms with Gasteiger partial charge in [0.15, 0.2) is 0 Å². The zero-order chi connectivity index (χ0) is 14.1. The number of amides is 1. The molecule has 1 amide bonds. The average molecular weight is 294 g/mol. The zero-order valence-corrected chi connectivity index (χ0v) is 12.9. The normalized spacial score (nSPS) is 27.1. The van der Waals surface area contributed by atoms with Crippen LogP contribution in [0.25, 0.3) is 0 Å². The standard InChI is InChI=1S/C15H22N2O2S/c1-11(2)17-4-5-19-14-9-16(8-13(14)17)15(18)7-12-3-6-20-10-12/h3,6,10-11,13-14H,4-5,7-9H2,1-2H3/t13-,14+/m0/s1. The summed E-state index contributed by atoms with van der Waals surface area (Å²) in [6.45, 7) is 7.76. The SMILES string of the molecule is CC(C)N1CCO[C@@H]2CN(C(=O)Cc3ccsc3)C[C@@H]21. The van der Waals surface area contributed by atoms with Crippen molar-refractivity contribution < 1.29 is 9.53 Å². The lowest BCUT2D eigenvalue weighted by atomic mass is 10.1. The van der Waals surface area contributed by atoms with Gasteiger partial charge in [0, 0.05) is 25.7 Å². The van der Waals surface area contributed by atoms with Crippen LogP contribution in [0.3, 0.4) is 0 Å². The molecule has 110 valence electrons. The Labute approximate surface area is 124 Å². The Kier molecular flexibility index (Phi) is 4.10. The van der Waals surface area contributed by atoms with E-state index in [4.69, 9.17) is 4.74 Å². The summed E-state index contributed by atoms with van der Waals surface area (Å²) in [5.74, 6) is 0.227. The molecular formula is C15H22N2O2S. The third-order valence-electron chi connectivity index (χ3n) is 4.30. The van der Waals surface area contributed by atoms with Crippen LogP contribution in [0.15, 0.2) is 16.8 Å².